The molecule has 1 heterocycles. The Morgan fingerprint density at radius 3 is 2.82 bits per heavy atom. The molecule has 4 nitrogen and oxygen atoms in total. The first-order chi connectivity index (χ1) is 8.16. The molecule has 2 rings (SSSR count). The molecule has 0 unspecified atom stereocenters. The van der Waals surface area contributed by atoms with E-state index in [2.05, 4.69) is 10.2 Å². The molecule has 1 aromatic carbocycles. The molecule has 0 spiro atoms. The zero-order chi connectivity index (χ0) is 12.3. The highest BCUT2D eigenvalue weighted by Crippen LogP contribution is 2.25. The standard InChI is InChI=1S/C12H12N2O2S/c1-8-5-3-4-6-10(8)11-13-14-12(16-11)17-7-9(2)15/h3-6H,7H2,1-2H3. The van der Waals surface area contributed by atoms with Gasteiger partial charge in [-0.1, -0.05) is 30.0 Å². The Morgan fingerprint density at radius 2 is 2.12 bits per heavy atom. The minimum atomic E-state index is 0.0886. The number of carbonyl (C=O) groups excluding carboxylic acids is 1. The van der Waals surface area contributed by atoms with Crippen LogP contribution in [0.5, 0.6) is 0 Å². The smallest absolute Gasteiger partial charge is 0.277 e. The van der Waals surface area contributed by atoms with Gasteiger partial charge in [0.25, 0.3) is 5.22 Å². The molecule has 0 fully saturated rings. The third kappa shape index (κ3) is 2.94. The van der Waals surface area contributed by atoms with Crippen molar-refractivity contribution in [2.75, 3.05) is 5.75 Å². The van der Waals surface area contributed by atoms with E-state index in [-0.39, 0.29) is 5.78 Å². The van der Waals surface area contributed by atoms with E-state index in [0.717, 1.165) is 11.1 Å². The van der Waals surface area contributed by atoms with Gasteiger partial charge in [-0.15, -0.1) is 10.2 Å². The van der Waals surface area contributed by atoms with Crippen LogP contribution in [0.15, 0.2) is 33.9 Å². The van der Waals surface area contributed by atoms with Gasteiger partial charge in [0, 0.05) is 5.56 Å². The van der Waals surface area contributed by atoms with Crippen molar-refractivity contribution in [1.82, 2.24) is 10.2 Å². The van der Waals surface area contributed by atoms with E-state index in [1.807, 2.05) is 31.2 Å². The van der Waals surface area contributed by atoms with Crippen LogP contribution in [0.3, 0.4) is 0 Å². The molecule has 2 aromatic rings. The second-order valence-corrected chi connectivity index (χ2v) is 4.61. The predicted molar refractivity (Wildman–Crippen MR) is 65.9 cm³/mol. The Hall–Kier alpha value is -1.62. The van der Waals surface area contributed by atoms with Crippen LogP contribution in [0.4, 0.5) is 0 Å². The second kappa shape index (κ2) is 5.14. The number of hydrogen-bond donors (Lipinski definition) is 0. The average Bonchev–Trinajstić information content (AvgIpc) is 2.75. The normalized spacial score (nSPS) is 10.5. The Bertz CT molecular complexity index is 537. The molecular weight excluding hydrogens is 236 g/mol. The maximum Gasteiger partial charge on any atom is 0.277 e. The zero-order valence-corrected chi connectivity index (χ0v) is 10.5. The summed E-state index contributed by atoms with van der Waals surface area (Å²) in [4.78, 5) is 10.8. The molecule has 88 valence electrons. The highest BCUT2D eigenvalue weighted by molar-refractivity contribution is 7.99. The fraction of sp³-hybridized carbons (Fsp3) is 0.250. The van der Waals surface area contributed by atoms with E-state index < -0.39 is 0 Å². The lowest BCUT2D eigenvalue weighted by molar-refractivity contribution is -0.114. The van der Waals surface area contributed by atoms with Crippen molar-refractivity contribution < 1.29 is 9.21 Å². The Morgan fingerprint density at radius 1 is 1.35 bits per heavy atom. The Labute approximate surface area is 103 Å². The third-order valence-corrected chi connectivity index (χ3v) is 3.14. The van der Waals surface area contributed by atoms with Crippen LogP contribution in [0.1, 0.15) is 12.5 Å². The number of thioether (sulfide) groups is 1. The van der Waals surface area contributed by atoms with Crippen molar-refractivity contribution in [2.45, 2.75) is 19.1 Å². The van der Waals surface area contributed by atoms with Gasteiger partial charge >= 0.3 is 0 Å². The van der Waals surface area contributed by atoms with Crippen LogP contribution < -0.4 is 0 Å². The number of aryl methyl sites for hydroxylation is 1. The summed E-state index contributed by atoms with van der Waals surface area (Å²) in [6.07, 6.45) is 0. The average molecular weight is 248 g/mol. The minimum Gasteiger partial charge on any atom is -0.411 e. The summed E-state index contributed by atoms with van der Waals surface area (Å²) in [6.45, 7) is 3.52. The molecule has 17 heavy (non-hydrogen) atoms. The first kappa shape index (κ1) is 11.9. The summed E-state index contributed by atoms with van der Waals surface area (Å²) < 4.78 is 5.49. The second-order valence-electron chi connectivity index (χ2n) is 3.68. The predicted octanol–water partition coefficient (Wildman–Crippen LogP) is 2.73. The highest BCUT2D eigenvalue weighted by Gasteiger charge is 2.11. The van der Waals surface area contributed by atoms with Crippen molar-refractivity contribution in [2.24, 2.45) is 0 Å². The molecule has 0 radical (unpaired) electrons. The molecule has 0 saturated carbocycles. The van der Waals surface area contributed by atoms with Crippen LogP contribution in [-0.4, -0.2) is 21.7 Å². The third-order valence-electron chi connectivity index (χ3n) is 2.18. The van der Waals surface area contributed by atoms with Gasteiger partial charge in [-0.05, 0) is 25.5 Å². The lowest BCUT2D eigenvalue weighted by Gasteiger charge is -1.98. The van der Waals surface area contributed by atoms with E-state index in [0.29, 0.717) is 16.9 Å². The van der Waals surface area contributed by atoms with Crippen molar-refractivity contribution >= 4 is 17.5 Å². The molecule has 1 aromatic heterocycles. The fourth-order valence-electron chi connectivity index (χ4n) is 1.35. The number of hydrogen-bond acceptors (Lipinski definition) is 5. The fourth-order valence-corrected chi connectivity index (χ4v) is 1.92. The van der Waals surface area contributed by atoms with Crippen molar-refractivity contribution in [1.29, 1.82) is 0 Å². The Kier molecular flexibility index (Phi) is 3.58. The van der Waals surface area contributed by atoms with Crippen LogP contribution in [0.2, 0.25) is 0 Å². The van der Waals surface area contributed by atoms with Gasteiger partial charge in [0.05, 0.1) is 5.75 Å². The van der Waals surface area contributed by atoms with E-state index >= 15 is 0 Å². The largest absolute Gasteiger partial charge is 0.411 e. The number of benzene rings is 1. The lowest BCUT2D eigenvalue weighted by Crippen LogP contribution is -1.92. The van der Waals surface area contributed by atoms with Gasteiger partial charge in [0.15, 0.2) is 0 Å². The maximum absolute atomic E-state index is 10.8. The summed E-state index contributed by atoms with van der Waals surface area (Å²) in [5.74, 6) is 0.940. The van der Waals surface area contributed by atoms with Gasteiger partial charge < -0.3 is 4.42 Å². The summed E-state index contributed by atoms with van der Waals surface area (Å²) in [7, 11) is 0. The molecule has 0 bridgehead atoms. The number of aromatic nitrogens is 2. The summed E-state index contributed by atoms with van der Waals surface area (Å²) in [6, 6.07) is 7.81. The molecule has 0 aliphatic carbocycles. The minimum absolute atomic E-state index is 0.0886. The molecule has 5 heteroatoms. The van der Waals surface area contributed by atoms with E-state index in [9.17, 15) is 4.79 Å². The lowest BCUT2D eigenvalue weighted by atomic mass is 10.1. The van der Waals surface area contributed by atoms with Crippen molar-refractivity contribution in [3.63, 3.8) is 0 Å². The summed E-state index contributed by atoms with van der Waals surface area (Å²) in [5, 5.41) is 8.31. The van der Waals surface area contributed by atoms with Crippen LogP contribution >= 0.6 is 11.8 Å². The molecular formula is C12H12N2O2S. The highest BCUT2D eigenvalue weighted by atomic mass is 32.2. The van der Waals surface area contributed by atoms with Crippen molar-refractivity contribution in [3.8, 4) is 11.5 Å². The quantitative estimate of drug-likeness (QED) is 0.779. The van der Waals surface area contributed by atoms with Gasteiger partial charge in [0.2, 0.25) is 5.89 Å². The zero-order valence-electron chi connectivity index (χ0n) is 9.64. The number of rotatable bonds is 4. The topological polar surface area (TPSA) is 56.0 Å². The monoisotopic (exact) mass is 248 g/mol. The van der Waals surface area contributed by atoms with Gasteiger partial charge in [-0.3, -0.25) is 4.79 Å². The first-order valence-electron chi connectivity index (χ1n) is 5.18. The van der Waals surface area contributed by atoms with Crippen LogP contribution in [0.25, 0.3) is 11.5 Å². The number of carbonyl (C=O) groups is 1. The van der Waals surface area contributed by atoms with E-state index in [4.69, 9.17) is 4.42 Å². The number of Topliss-reactive ketones (excluding diaryl/α,β-unsaturated/α-hetero) is 1. The first-order valence-corrected chi connectivity index (χ1v) is 6.17. The number of ketones is 1. The molecule has 0 aliphatic rings. The number of nitrogens with zero attached hydrogens (tertiary/aromatic N) is 2. The van der Waals surface area contributed by atoms with Gasteiger partial charge in [-0.2, -0.15) is 0 Å². The molecule has 0 amide bonds. The van der Waals surface area contributed by atoms with E-state index in [1.54, 1.807) is 0 Å². The molecule has 0 aliphatic heterocycles. The van der Waals surface area contributed by atoms with E-state index in [1.165, 1.54) is 18.7 Å². The molecule has 0 saturated heterocycles. The van der Waals surface area contributed by atoms with Crippen LogP contribution in [0, 0.1) is 6.92 Å². The maximum atomic E-state index is 10.8. The SMILES string of the molecule is CC(=O)CSc1nnc(-c2ccccc2C)o1. The Balaban J connectivity index is 2.18. The van der Waals surface area contributed by atoms with Crippen LogP contribution in [-0.2, 0) is 4.79 Å². The van der Waals surface area contributed by atoms with Gasteiger partial charge in [-0.25, -0.2) is 0 Å². The van der Waals surface area contributed by atoms with Gasteiger partial charge in [0.1, 0.15) is 5.78 Å². The summed E-state index contributed by atoms with van der Waals surface area (Å²) >= 11 is 1.26. The molecule has 0 N–H and O–H groups in total. The summed E-state index contributed by atoms with van der Waals surface area (Å²) in [5.41, 5.74) is 2.01. The van der Waals surface area contributed by atoms with Crippen molar-refractivity contribution in [3.05, 3.63) is 29.8 Å². The molecule has 0 atom stereocenters.